The van der Waals surface area contributed by atoms with E-state index in [0.717, 1.165) is 21.2 Å². The molecule has 1 aromatic carbocycles. The van der Waals surface area contributed by atoms with E-state index in [4.69, 9.17) is 0 Å². The van der Waals surface area contributed by atoms with Crippen LogP contribution in [0.5, 0.6) is 0 Å². The summed E-state index contributed by atoms with van der Waals surface area (Å²) in [5.74, 6) is 0. The highest BCUT2D eigenvalue weighted by Crippen LogP contribution is 2.33. The van der Waals surface area contributed by atoms with E-state index in [1.54, 1.807) is 0 Å². The molecule has 1 aromatic rings. The van der Waals surface area contributed by atoms with Crippen molar-refractivity contribution >= 4 is 37.5 Å². The molecule has 0 aliphatic heterocycles. The number of benzene rings is 1. The van der Waals surface area contributed by atoms with Crippen molar-refractivity contribution in [1.29, 1.82) is 0 Å². The highest BCUT2D eigenvalue weighted by Gasteiger charge is 2.12. The number of nitrogens with one attached hydrogen (secondary N) is 1. The Kier molecular flexibility index (Phi) is 4.24. The second-order valence-electron chi connectivity index (χ2n) is 5.02. The minimum atomic E-state index is 0.282. The Bertz CT molecular complexity index is 330. The molecule has 0 aromatic heterocycles. The quantitative estimate of drug-likeness (QED) is 0.804. The van der Waals surface area contributed by atoms with Crippen LogP contribution in [0.2, 0.25) is 0 Å². The van der Waals surface area contributed by atoms with Crippen LogP contribution >= 0.6 is 31.9 Å². The summed E-state index contributed by atoms with van der Waals surface area (Å²) < 4.78 is 2.22. The van der Waals surface area contributed by atoms with Gasteiger partial charge in [-0.05, 0) is 61.9 Å². The molecular formula is C12H17Br2N. The average molecular weight is 335 g/mol. The van der Waals surface area contributed by atoms with Crippen molar-refractivity contribution in [2.75, 3.05) is 11.9 Å². The monoisotopic (exact) mass is 333 g/mol. The second-order valence-corrected chi connectivity index (χ2v) is 6.73. The molecule has 1 N–H and O–H groups in total. The molecule has 0 radical (unpaired) electrons. The highest BCUT2D eigenvalue weighted by atomic mass is 79.9. The number of aryl methyl sites for hydroxylation is 1. The van der Waals surface area contributed by atoms with Gasteiger partial charge in [0.1, 0.15) is 0 Å². The smallest absolute Gasteiger partial charge is 0.0629 e. The van der Waals surface area contributed by atoms with Crippen LogP contribution in [0.15, 0.2) is 21.1 Å². The molecule has 1 rings (SSSR count). The summed E-state index contributed by atoms with van der Waals surface area (Å²) in [6.45, 7) is 9.69. The predicted octanol–water partition coefficient (Wildman–Crippen LogP) is 4.98. The molecule has 0 spiro atoms. The van der Waals surface area contributed by atoms with Gasteiger partial charge in [0.25, 0.3) is 0 Å². The van der Waals surface area contributed by atoms with Crippen molar-refractivity contribution in [2.45, 2.75) is 27.7 Å². The fourth-order valence-electron chi connectivity index (χ4n) is 1.22. The number of hydrogen-bond donors (Lipinski definition) is 1. The summed E-state index contributed by atoms with van der Waals surface area (Å²) in [6, 6.07) is 4.24. The van der Waals surface area contributed by atoms with E-state index in [9.17, 15) is 0 Å². The van der Waals surface area contributed by atoms with E-state index >= 15 is 0 Å². The summed E-state index contributed by atoms with van der Waals surface area (Å²) in [5.41, 5.74) is 2.66. The molecular weight excluding hydrogens is 318 g/mol. The van der Waals surface area contributed by atoms with Crippen molar-refractivity contribution in [3.05, 3.63) is 26.6 Å². The first kappa shape index (κ1) is 13.0. The van der Waals surface area contributed by atoms with Gasteiger partial charge in [-0.2, -0.15) is 0 Å². The first-order chi connectivity index (χ1) is 6.79. The molecule has 0 atom stereocenters. The molecule has 0 fully saturated rings. The average Bonchev–Trinajstić information content (AvgIpc) is 1.99. The maximum Gasteiger partial charge on any atom is 0.0629 e. The zero-order valence-electron chi connectivity index (χ0n) is 9.62. The lowest BCUT2D eigenvalue weighted by Crippen LogP contribution is -2.19. The van der Waals surface area contributed by atoms with Crippen LogP contribution in [0, 0.1) is 12.3 Å². The molecule has 0 saturated heterocycles. The van der Waals surface area contributed by atoms with Gasteiger partial charge in [0, 0.05) is 15.5 Å². The van der Waals surface area contributed by atoms with Gasteiger partial charge in [0.05, 0.1) is 5.69 Å². The van der Waals surface area contributed by atoms with Gasteiger partial charge in [-0.15, -0.1) is 0 Å². The first-order valence-electron chi connectivity index (χ1n) is 4.99. The summed E-state index contributed by atoms with van der Waals surface area (Å²) >= 11 is 7.15. The third kappa shape index (κ3) is 4.15. The van der Waals surface area contributed by atoms with Crippen molar-refractivity contribution in [3.63, 3.8) is 0 Å². The zero-order chi connectivity index (χ0) is 11.6. The largest absolute Gasteiger partial charge is 0.383 e. The molecule has 0 aliphatic carbocycles. The molecule has 15 heavy (non-hydrogen) atoms. The van der Waals surface area contributed by atoms with E-state index in [0.29, 0.717) is 0 Å². The summed E-state index contributed by atoms with van der Waals surface area (Å²) in [7, 11) is 0. The predicted molar refractivity (Wildman–Crippen MR) is 74.5 cm³/mol. The Morgan fingerprint density at radius 2 is 1.60 bits per heavy atom. The highest BCUT2D eigenvalue weighted by molar-refractivity contribution is 9.11. The van der Waals surface area contributed by atoms with Crippen molar-refractivity contribution in [1.82, 2.24) is 0 Å². The molecule has 0 heterocycles. The Balaban J connectivity index is 2.86. The molecule has 0 saturated carbocycles. The van der Waals surface area contributed by atoms with Crippen LogP contribution in [-0.4, -0.2) is 6.54 Å². The molecule has 0 amide bonds. The molecule has 0 unspecified atom stereocenters. The van der Waals surface area contributed by atoms with E-state index < -0.39 is 0 Å². The van der Waals surface area contributed by atoms with Gasteiger partial charge in [0.2, 0.25) is 0 Å². The van der Waals surface area contributed by atoms with Crippen LogP contribution in [0.25, 0.3) is 0 Å². The van der Waals surface area contributed by atoms with E-state index in [-0.39, 0.29) is 5.41 Å². The third-order valence-corrected chi connectivity index (χ3v) is 3.23. The maximum atomic E-state index is 3.57. The molecule has 3 heteroatoms. The fraction of sp³-hybridized carbons (Fsp3) is 0.500. The van der Waals surface area contributed by atoms with E-state index in [1.165, 1.54) is 5.56 Å². The van der Waals surface area contributed by atoms with E-state index in [2.05, 4.69) is 77.0 Å². The SMILES string of the molecule is Cc1cc(Br)c(NCC(C)(C)C)c(Br)c1. The molecule has 0 aliphatic rings. The number of halogens is 2. The lowest BCUT2D eigenvalue weighted by molar-refractivity contribution is 0.443. The Morgan fingerprint density at radius 3 is 2.00 bits per heavy atom. The summed E-state index contributed by atoms with van der Waals surface area (Å²) in [6.07, 6.45) is 0. The standard InChI is InChI=1S/C12H17Br2N/c1-8-5-9(13)11(10(14)6-8)15-7-12(2,3)4/h5-6,15H,7H2,1-4H3. The number of hydrogen-bond acceptors (Lipinski definition) is 1. The van der Waals surface area contributed by atoms with Gasteiger partial charge < -0.3 is 5.32 Å². The molecule has 0 bridgehead atoms. The lowest BCUT2D eigenvalue weighted by Gasteiger charge is -2.21. The fourth-order valence-corrected chi connectivity index (χ4v) is 2.92. The molecule has 84 valence electrons. The van der Waals surface area contributed by atoms with Gasteiger partial charge in [-0.25, -0.2) is 0 Å². The Labute approximate surface area is 109 Å². The zero-order valence-corrected chi connectivity index (χ0v) is 12.8. The van der Waals surface area contributed by atoms with Gasteiger partial charge in [0.15, 0.2) is 0 Å². The van der Waals surface area contributed by atoms with Crippen molar-refractivity contribution < 1.29 is 0 Å². The summed E-state index contributed by atoms with van der Waals surface area (Å²) in [4.78, 5) is 0. The lowest BCUT2D eigenvalue weighted by atomic mass is 9.97. The normalized spacial score (nSPS) is 11.6. The maximum absolute atomic E-state index is 3.57. The Morgan fingerprint density at radius 1 is 1.13 bits per heavy atom. The van der Waals surface area contributed by atoms with Crippen LogP contribution < -0.4 is 5.32 Å². The minimum Gasteiger partial charge on any atom is -0.383 e. The summed E-state index contributed by atoms with van der Waals surface area (Å²) in [5, 5.41) is 3.45. The topological polar surface area (TPSA) is 12.0 Å². The number of anilines is 1. The second kappa shape index (κ2) is 4.88. The van der Waals surface area contributed by atoms with Gasteiger partial charge in [-0.3, -0.25) is 0 Å². The van der Waals surface area contributed by atoms with Crippen LogP contribution in [0.3, 0.4) is 0 Å². The third-order valence-electron chi connectivity index (χ3n) is 1.98. The van der Waals surface area contributed by atoms with Crippen molar-refractivity contribution in [3.8, 4) is 0 Å². The van der Waals surface area contributed by atoms with Crippen LogP contribution in [-0.2, 0) is 0 Å². The Hall–Kier alpha value is -0.0200. The van der Waals surface area contributed by atoms with Crippen LogP contribution in [0.1, 0.15) is 26.3 Å². The molecule has 1 nitrogen and oxygen atoms in total. The first-order valence-corrected chi connectivity index (χ1v) is 6.58. The minimum absolute atomic E-state index is 0.282. The van der Waals surface area contributed by atoms with Gasteiger partial charge >= 0.3 is 0 Å². The number of rotatable bonds is 2. The van der Waals surface area contributed by atoms with Gasteiger partial charge in [-0.1, -0.05) is 20.8 Å². The van der Waals surface area contributed by atoms with Crippen LogP contribution in [0.4, 0.5) is 5.69 Å². The van der Waals surface area contributed by atoms with E-state index in [1.807, 2.05) is 0 Å². The van der Waals surface area contributed by atoms with Crippen molar-refractivity contribution in [2.24, 2.45) is 5.41 Å².